The van der Waals surface area contributed by atoms with Gasteiger partial charge in [-0.1, -0.05) is 19.1 Å². The van der Waals surface area contributed by atoms with Crippen molar-refractivity contribution in [3.63, 3.8) is 0 Å². The Bertz CT molecular complexity index is 557. The molecule has 3 nitrogen and oxygen atoms in total. The number of nitrogens with one attached hydrogen (secondary N) is 1. The van der Waals surface area contributed by atoms with Crippen molar-refractivity contribution in [2.45, 2.75) is 19.9 Å². The van der Waals surface area contributed by atoms with E-state index in [1.807, 2.05) is 30.1 Å². The van der Waals surface area contributed by atoms with E-state index < -0.39 is 0 Å². The summed E-state index contributed by atoms with van der Waals surface area (Å²) in [6, 6.07) is 10.6. The van der Waals surface area contributed by atoms with Crippen LogP contribution in [0.3, 0.4) is 0 Å². The zero-order chi connectivity index (χ0) is 14.4. The summed E-state index contributed by atoms with van der Waals surface area (Å²) in [4.78, 5) is 6.38. The van der Waals surface area contributed by atoms with Crippen LogP contribution < -0.4 is 10.2 Å². The average molecular weight is 273 g/mol. The Balaban J connectivity index is 2.13. The van der Waals surface area contributed by atoms with Crippen LogP contribution in [0.4, 0.5) is 15.9 Å². The number of halogens is 1. The van der Waals surface area contributed by atoms with Gasteiger partial charge in [-0.3, -0.25) is 0 Å². The first kappa shape index (κ1) is 14.3. The molecular formula is C16H20FN3. The normalized spacial score (nSPS) is 10.3. The largest absolute Gasteiger partial charge is 0.370 e. The second-order valence-electron chi connectivity index (χ2n) is 4.77. The van der Waals surface area contributed by atoms with Crippen molar-refractivity contribution < 1.29 is 4.39 Å². The van der Waals surface area contributed by atoms with E-state index in [2.05, 4.69) is 17.2 Å². The summed E-state index contributed by atoms with van der Waals surface area (Å²) in [5.74, 6) is 0.683. The highest BCUT2D eigenvalue weighted by Gasteiger charge is 2.07. The zero-order valence-corrected chi connectivity index (χ0v) is 11.9. The number of hydrogen-bond acceptors (Lipinski definition) is 3. The highest BCUT2D eigenvalue weighted by atomic mass is 19.1. The van der Waals surface area contributed by atoms with Crippen LogP contribution >= 0.6 is 0 Å². The Morgan fingerprint density at radius 3 is 2.85 bits per heavy atom. The molecule has 0 unspecified atom stereocenters. The minimum atomic E-state index is -0.218. The fourth-order valence-electron chi connectivity index (χ4n) is 2.03. The van der Waals surface area contributed by atoms with Gasteiger partial charge in [-0.2, -0.15) is 0 Å². The highest BCUT2D eigenvalue weighted by Crippen LogP contribution is 2.19. The van der Waals surface area contributed by atoms with Gasteiger partial charge in [0.05, 0.1) is 0 Å². The van der Waals surface area contributed by atoms with E-state index >= 15 is 0 Å². The number of hydrogen-bond donors (Lipinski definition) is 1. The molecule has 1 heterocycles. The Morgan fingerprint density at radius 1 is 1.25 bits per heavy atom. The molecule has 0 atom stereocenters. The van der Waals surface area contributed by atoms with Gasteiger partial charge >= 0.3 is 0 Å². The number of nitrogens with zero attached hydrogens (tertiary/aromatic N) is 2. The van der Waals surface area contributed by atoms with E-state index in [1.165, 1.54) is 12.1 Å². The maximum atomic E-state index is 13.3. The van der Waals surface area contributed by atoms with Crippen LogP contribution in [-0.2, 0) is 6.54 Å². The Morgan fingerprint density at radius 2 is 2.10 bits per heavy atom. The molecule has 0 aliphatic heterocycles. The Labute approximate surface area is 119 Å². The second-order valence-corrected chi connectivity index (χ2v) is 4.77. The average Bonchev–Trinajstić information content (AvgIpc) is 2.46. The first-order chi connectivity index (χ1) is 9.70. The zero-order valence-electron chi connectivity index (χ0n) is 11.9. The van der Waals surface area contributed by atoms with Gasteiger partial charge in [-0.25, -0.2) is 9.37 Å². The van der Waals surface area contributed by atoms with Gasteiger partial charge in [0.25, 0.3) is 0 Å². The Kier molecular flexibility index (Phi) is 4.93. The summed E-state index contributed by atoms with van der Waals surface area (Å²) in [7, 11) is 1.95. The van der Waals surface area contributed by atoms with Crippen molar-refractivity contribution in [2.75, 3.05) is 23.8 Å². The lowest BCUT2D eigenvalue weighted by atomic mass is 10.2. The summed E-state index contributed by atoms with van der Waals surface area (Å²) < 4.78 is 13.3. The molecular weight excluding hydrogens is 253 g/mol. The van der Waals surface area contributed by atoms with Gasteiger partial charge in [0.2, 0.25) is 0 Å². The van der Waals surface area contributed by atoms with E-state index in [0.717, 1.165) is 30.0 Å². The number of pyridine rings is 1. The molecule has 2 aromatic rings. The topological polar surface area (TPSA) is 28.2 Å². The fraction of sp³-hybridized carbons (Fsp3) is 0.312. The molecule has 1 N–H and O–H groups in total. The minimum absolute atomic E-state index is 0.218. The van der Waals surface area contributed by atoms with Crippen LogP contribution in [0.2, 0.25) is 0 Å². The first-order valence-corrected chi connectivity index (χ1v) is 6.85. The maximum Gasteiger partial charge on any atom is 0.130 e. The smallest absolute Gasteiger partial charge is 0.130 e. The van der Waals surface area contributed by atoms with E-state index in [0.29, 0.717) is 6.54 Å². The molecule has 1 aromatic carbocycles. The third-order valence-electron chi connectivity index (χ3n) is 3.09. The molecule has 0 spiro atoms. The van der Waals surface area contributed by atoms with Crippen molar-refractivity contribution in [1.82, 2.24) is 4.98 Å². The second kappa shape index (κ2) is 6.89. The molecule has 106 valence electrons. The first-order valence-electron chi connectivity index (χ1n) is 6.85. The third-order valence-corrected chi connectivity index (χ3v) is 3.09. The lowest BCUT2D eigenvalue weighted by Crippen LogP contribution is -2.18. The molecule has 20 heavy (non-hydrogen) atoms. The Hall–Kier alpha value is -2.10. The lowest BCUT2D eigenvalue weighted by molar-refractivity contribution is 0.627. The molecule has 0 saturated heterocycles. The molecule has 4 heteroatoms. The van der Waals surface area contributed by atoms with Crippen molar-refractivity contribution in [1.29, 1.82) is 0 Å². The fourth-order valence-corrected chi connectivity index (χ4v) is 2.03. The van der Waals surface area contributed by atoms with Crippen LogP contribution in [0.5, 0.6) is 0 Å². The summed E-state index contributed by atoms with van der Waals surface area (Å²) >= 11 is 0. The van der Waals surface area contributed by atoms with Crippen LogP contribution in [0.1, 0.15) is 18.9 Å². The molecule has 0 fully saturated rings. The number of anilines is 2. The molecule has 1 aromatic heterocycles. The van der Waals surface area contributed by atoms with Crippen LogP contribution in [0, 0.1) is 5.82 Å². The molecule has 0 aliphatic carbocycles. The van der Waals surface area contributed by atoms with Crippen molar-refractivity contribution in [3.8, 4) is 0 Å². The summed E-state index contributed by atoms with van der Waals surface area (Å²) in [6.45, 7) is 3.70. The van der Waals surface area contributed by atoms with Crippen LogP contribution in [-0.4, -0.2) is 18.6 Å². The van der Waals surface area contributed by atoms with Gasteiger partial charge in [0.1, 0.15) is 11.6 Å². The molecule has 0 saturated carbocycles. The lowest BCUT2D eigenvalue weighted by Gasteiger charge is -2.21. The highest BCUT2D eigenvalue weighted by molar-refractivity contribution is 5.50. The molecule has 0 aliphatic rings. The number of rotatable bonds is 6. The van der Waals surface area contributed by atoms with Gasteiger partial charge < -0.3 is 10.2 Å². The van der Waals surface area contributed by atoms with E-state index in [-0.39, 0.29) is 5.82 Å². The summed E-state index contributed by atoms with van der Waals surface area (Å²) in [5.41, 5.74) is 1.96. The van der Waals surface area contributed by atoms with E-state index in [1.54, 1.807) is 12.3 Å². The van der Waals surface area contributed by atoms with E-state index in [9.17, 15) is 4.39 Å². The van der Waals surface area contributed by atoms with Crippen molar-refractivity contribution in [3.05, 3.63) is 54.0 Å². The van der Waals surface area contributed by atoms with Gasteiger partial charge in [-0.15, -0.1) is 0 Å². The van der Waals surface area contributed by atoms with Crippen LogP contribution in [0.15, 0.2) is 42.6 Å². The maximum absolute atomic E-state index is 13.3. The van der Waals surface area contributed by atoms with Gasteiger partial charge in [0, 0.05) is 37.6 Å². The predicted molar refractivity (Wildman–Crippen MR) is 81.5 cm³/mol. The molecule has 0 bridgehead atoms. The molecule has 0 radical (unpaired) electrons. The van der Waals surface area contributed by atoms with Gasteiger partial charge in [0.15, 0.2) is 0 Å². The number of benzene rings is 1. The quantitative estimate of drug-likeness (QED) is 0.870. The van der Waals surface area contributed by atoms with Crippen molar-refractivity contribution >= 4 is 11.5 Å². The van der Waals surface area contributed by atoms with Crippen LogP contribution in [0.25, 0.3) is 0 Å². The minimum Gasteiger partial charge on any atom is -0.370 e. The third kappa shape index (κ3) is 3.70. The molecule has 0 amide bonds. The van der Waals surface area contributed by atoms with E-state index in [4.69, 9.17) is 0 Å². The van der Waals surface area contributed by atoms with Gasteiger partial charge in [-0.05, 0) is 30.7 Å². The SMILES string of the molecule is CCCNc1ncccc1CN(C)c1cccc(F)c1. The molecule has 2 rings (SSSR count). The van der Waals surface area contributed by atoms with Crippen molar-refractivity contribution in [2.24, 2.45) is 0 Å². The summed E-state index contributed by atoms with van der Waals surface area (Å²) in [6.07, 6.45) is 2.83. The standard InChI is InChI=1S/C16H20FN3/c1-3-9-18-16-13(6-5-10-19-16)12-20(2)15-8-4-7-14(17)11-15/h4-8,10-11H,3,9,12H2,1-2H3,(H,18,19). The number of aromatic nitrogens is 1. The summed E-state index contributed by atoms with van der Waals surface area (Å²) in [5, 5.41) is 3.32. The predicted octanol–water partition coefficient (Wildman–Crippen LogP) is 3.68. The monoisotopic (exact) mass is 273 g/mol.